The van der Waals surface area contributed by atoms with Crippen LogP contribution in [0.15, 0.2) is 23.1 Å². The minimum atomic E-state index is -3.77. The number of imidazole rings is 1. The van der Waals surface area contributed by atoms with Gasteiger partial charge in [0.2, 0.25) is 9.84 Å². The Balaban J connectivity index is 2.12. The van der Waals surface area contributed by atoms with E-state index in [0.29, 0.717) is 11.4 Å². The molecule has 25 heavy (non-hydrogen) atoms. The van der Waals surface area contributed by atoms with E-state index < -0.39 is 15.3 Å². The molecule has 1 heterocycles. The van der Waals surface area contributed by atoms with Crippen molar-refractivity contribution in [1.82, 2.24) is 9.55 Å². The lowest BCUT2D eigenvalue weighted by molar-refractivity contribution is 0.199. The van der Waals surface area contributed by atoms with Gasteiger partial charge in [-0.25, -0.2) is 13.4 Å². The average Bonchev–Trinajstić information content (AvgIpc) is 3.25. The van der Waals surface area contributed by atoms with Crippen molar-refractivity contribution in [2.24, 2.45) is 11.8 Å². The van der Waals surface area contributed by atoms with Crippen LogP contribution in [0.2, 0.25) is 0 Å². The monoisotopic (exact) mass is 364 g/mol. The van der Waals surface area contributed by atoms with Gasteiger partial charge >= 0.3 is 0 Å². The molecule has 2 aromatic rings. The van der Waals surface area contributed by atoms with Gasteiger partial charge in [0.15, 0.2) is 5.44 Å². The second-order valence-corrected chi connectivity index (χ2v) is 10.6. The average molecular weight is 365 g/mol. The van der Waals surface area contributed by atoms with Crippen LogP contribution in [-0.2, 0) is 21.8 Å². The third-order valence-corrected chi connectivity index (χ3v) is 6.84. The summed E-state index contributed by atoms with van der Waals surface area (Å²) in [6.45, 7) is 10.7. The lowest BCUT2D eigenvalue weighted by Crippen LogP contribution is -2.26. The fourth-order valence-corrected chi connectivity index (χ4v) is 4.63. The molecule has 1 unspecified atom stereocenters. The van der Waals surface area contributed by atoms with Crippen molar-refractivity contribution in [2.75, 3.05) is 0 Å². The van der Waals surface area contributed by atoms with Crippen molar-refractivity contribution in [3.8, 4) is 0 Å². The van der Waals surface area contributed by atoms with Gasteiger partial charge in [0.05, 0.1) is 15.9 Å². The number of sulfone groups is 1. The van der Waals surface area contributed by atoms with Gasteiger partial charge in [-0.3, -0.25) is 0 Å². The molecule has 138 valence electrons. The first-order chi connectivity index (χ1) is 11.5. The van der Waals surface area contributed by atoms with Gasteiger partial charge in [-0.05, 0) is 42.9 Å². The van der Waals surface area contributed by atoms with E-state index >= 15 is 0 Å². The van der Waals surface area contributed by atoms with E-state index in [2.05, 4.69) is 25.3 Å². The zero-order chi connectivity index (χ0) is 18.6. The summed E-state index contributed by atoms with van der Waals surface area (Å²) < 4.78 is 27.5. The van der Waals surface area contributed by atoms with Crippen LogP contribution in [0.25, 0.3) is 11.0 Å². The Morgan fingerprint density at radius 1 is 1.28 bits per heavy atom. The molecular weight excluding hydrogens is 336 g/mol. The summed E-state index contributed by atoms with van der Waals surface area (Å²) in [5.74, 6) is 1.32. The molecule has 0 aliphatic heterocycles. The normalized spacial score (nSPS) is 17.4. The fourth-order valence-electron chi connectivity index (χ4n) is 3.10. The first-order valence-electron chi connectivity index (χ1n) is 8.94. The maximum absolute atomic E-state index is 12.6. The summed E-state index contributed by atoms with van der Waals surface area (Å²) in [7, 11) is -3.77. The van der Waals surface area contributed by atoms with Crippen LogP contribution in [0.5, 0.6) is 0 Å². The van der Waals surface area contributed by atoms with Crippen molar-refractivity contribution in [3.63, 3.8) is 0 Å². The Kier molecular flexibility index (Phi) is 4.48. The number of benzene rings is 1. The molecule has 5 nitrogen and oxygen atoms in total. The van der Waals surface area contributed by atoms with Crippen LogP contribution >= 0.6 is 0 Å². The maximum atomic E-state index is 12.6. The molecule has 6 heteroatoms. The lowest BCUT2D eigenvalue weighted by atomic mass is 9.95. The molecule has 1 saturated carbocycles. The first-order valence-corrected chi connectivity index (χ1v) is 10.5. The second-order valence-electron chi connectivity index (χ2n) is 8.57. The standard InChI is InChI=1S/C19H28N2O3S/c1-12(2)17(22)25(23,24)14-8-9-16-15(10-14)20-18(19(3,4)5)21(16)11-13-6-7-13/h8-10,12-13,17,22H,6-7,11H2,1-5H3. The third kappa shape index (κ3) is 3.47. The topological polar surface area (TPSA) is 72.2 Å². The Morgan fingerprint density at radius 2 is 1.92 bits per heavy atom. The SMILES string of the molecule is CC(C)C(O)S(=O)(=O)c1ccc2c(c1)nc(C(C)(C)C)n2CC1CC1. The number of nitrogens with zero attached hydrogens (tertiary/aromatic N) is 2. The van der Waals surface area contributed by atoms with E-state index in [-0.39, 0.29) is 16.2 Å². The zero-order valence-electron chi connectivity index (χ0n) is 15.7. The molecule has 0 amide bonds. The van der Waals surface area contributed by atoms with Crippen LogP contribution in [0, 0.1) is 11.8 Å². The van der Waals surface area contributed by atoms with Crippen LogP contribution in [0.4, 0.5) is 0 Å². The van der Waals surface area contributed by atoms with Crippen LogP contribution in [-0.4, -0.2) is 28.5 Å². The smallest absolute Gasteiger partial charge is 0.205 e. The highest BCUT2D eigenvalue weighted by molar-refractivity contribution is 7.91. The third-order valence-electron chi connectivity index (χ3n) is 4.74. The highest BCUT2D eigenvalue weighted by Crippen LogP contribution is 2.35. The van der Waals surface area contributed by atoms with E-state index in [4.69, 9.17) is 4.98 Å². The maximum Gasteiger partial charge on any atom is 0.205 e. The van der Waals surface area contributed by atoms with Gasteiger partial charge in [0.25, 0.3) is 0 Å². The lowest BCUT2D eigenvalue weighted by Gasteiger charge is -2.20. The van der Waals surface area contributed by atoms with E-state index in [1.165, 1.54) is 12.8 Å². The predicted octanol–water partition coefficient (Wildman–Crippen LogP) is 3.49. The molecule has 0 saturated heterocycles. The first kappa shape index (κ1) is 18.4. The minimum Gasteiger partial charge on any atom is -0.376 e. The van der Waals surface area contributed by atoms with Crippen molar-refractivity contribution >= 4 is 20.9 Å². The molecule has 1 N–H and O–H groups in total. The molecule has 0 bridgehead atoms. The number of aromatic nitrogens is 2. The molecule has 0 spiro atoms. The summed E-state index contributed by atoms with van der Waals surface area (Å²) in [6, 6.07) is 5.04. The van der Waals surface area contributed by atoms with Crippen LogP contribution in [0.1, 0.15) is 53.3 Å². The van der Waals surface area contributed by atoms with E-state index in [1.54, 1.807) is 26.0 Å². The molecule has 1 atom stereocenters. The quantitative estimate of drug-likeness (QED) is 0.881. The van der Waals surface area contributed by atoms with Gasteiger partial charge in [-0.2, -0.15) is 0 Å². The van der Waals surface area contributed by atoms with Gasteiger partial charge < -0.3 is 9.67 Å². The Morgan fingerprint density at radius 3 is 2.44 bits per heavy atom. The summed E-state index contributed by atoms with van der Waals surface area (Å²) in [5, 5.41) is 10.1. The van der Waals surface area contributed by atoms with Gasteiger partial charge in [0.1, 0.15) is 5.82 Å². The molecule has 0 radical (unpaired) electrons. The van der Waals surface area contributed by atoms with E-state index in [1.807, 2.05) is 6.07 Å². The number of hydrogen-bond donors (Lipinski definition) is 1. The van der Waals surface area contributed by atoms with E-state index in [9.17, 15) is 13.5 Å². The number of rotatable bonds is 5. The van der Waals surface area contributed by atoms with E-state index in [0.717, 1.165) is 17.9 Å². The van der Waals surface area contributed by atoms with Gasteiger partial charge in [0, 0.05) is 12.0 Å². The summed E-state index contributed by atoms with van der Waals surface area (Å²) in [5.41, 5.74) is 0.128. The molecule has 1 aliphatic rings. The van der Waals surface area contributed by atoms with Crippen molar-refractivity contribution in [1.29, 1.82) is 0 Å². The van der Waals surface area contributed by atoms with Gasteiger partial charge in [-0.1, -0.05) is 34.6 Å². The van der Waals surface area contributed by atoms with Crippen molar-refractivity contribution in [3.05, 3.63) is 24.0 Å². The Labute approximate surface area is 150 Å². The molecule has 1 aliphatic carbocycles. The summed E-state index contributed by atoms with van der Waals surface area (Å²) >= 11 is 0. The molecule has 1 aromatic heterocycles. The number of fused-ring (bicyclic) bond motifs is 1. The number of aliphatic hydroxyl groups excluding tert-OH is 1. The van der Waals surface area contributed by atoms with Crippen LogP contribution in [0.3, 0.4) is 0 Å². The predicted molar refractivity (Wildman–Crippen MR) is 99.2 cm³/mol. The zero-order valence-corrected chi connectivity index (χ0v) is 16.5. The molecule has 1 fully saturated rings. The largest absolute Gasteiger partial charge is 0.376 e. The van der Waals surface area contributed by atoms with Crippen molar-refractivity contribution < 1.29 is 13.5 Å². The number of hydrogen-bond acceptors (Lipinski definition) is 4. The number of aliphatic hydroxyl groups is 1. The second kappa shape index (κ2) is 6.09. The summed E-state index contributed by atoms with van der Waals surface area (Å²) in [6.07, 6.45) is 2.49. The molecule has 3 rings (SSSR count). The molecule has 1 aromatic carbocycles. The van der Waals surface area contributed by atoms with Gasteiger partial charge in [-0.15, -0.1) is 0 Å². The highest BCUT2D eigenvalue weighted by atomic mass is 32.2. The highest BCUT2D eigenvalue weighted by Gasteiger charge is 2.31. The van der Waals surface area contributed by atoms with Crippen molar-refractivity contribution in [2.45, 2.75) is 69.8 Å². The van der Waals surface area contributed by atoms with Crippen LogP contribution < -0.4 is 0 Å². The minimum absolute atomic E-state index is 0.121. The Hall–Kier alpha value is -1.40. The summed E-state index contributed by atoms with van der Waals surface area (Å²) in [4.78, 5) is 4.90. The fraction of sp³-hybridized carbons (Fsp3) is 0.632. The Bertz CT molecular complexity index is 887. The molecular formula is C19H28N2O3S.